The number of carboxylic acids is 2. The number of fused-ring (bicyclic) bond motifs is 3. The summed E-state index contributed by atoms with van der Waals surface area (Å²) in [5.74, 6) is -1.71. The number of hydrogen-bond donors (Lipinski definition) is 2. The summed E-state index contributed by atoms with van der Waals surface area (Å²) in [7, 11) is 0. The van der Waals surface area contributed by atoms with Crippen molar-refractivity contribution in [2.45, 2.75) is 44.9 Å². The third-order valence-electron chi connectivity index (χ3n) is 5.48. The number of hydrogen-bond acceptors (Lipinski definition) is 2. The molecule has 0 bridgehead atoms. The molecule has 130 valence electrons. The Hall–Kier alpha value is -2.62. The van der Waals surface area contributed by atoms with Crippen molar-refractivity contribution in [3.63, 3.8) is 0 Å². The van der Waals surface area contributed by atoms with Gasteiger partial charge in [-0.2, -0.15) is 0 Å². The molecule has 0 unspecified atom stereocenters. The van der Waals surface area contributed by atoms with Gasteiger partial charge in [-0.1, -0.05) is 36.4 Å². The summed E-state index contributed by atoms with van der Waals surface area (Å²) in [5, 5.41) is 18.5. The summed E-state index contributed by atoms with van der Waals surface area (Å²) in [6.45, 7) is 4.09. The van der Waals surface area contributed by atoms with E-state index in [0.717, 1.165) is 33.4 Å². The highest BCUT2D eigenvalue weighted by Crippen LogP contribution is 2.55. The Morgan fingerprint density at radius 2 is 1.48 bits per heavy atom. The molecule has 0 heterocycles. The lowest BCUT2D eigenvalue weighted by atomic mass is 9.69. The molecule has 4 heteroatoms. The van der Waals surface area contributed by atoms with Gasteiger partial charge in [0.1, 0.15) is 0 Å². The monoisotopic (exact) mass is 338 g/mol. The molecular weight excluding hydrogens is 316 g/mol. The fraction of sp³-hybridized carbons (Fsp3) is 0.333. The van der Waals surface area contributed by atoms with Gasteiger partial charge in [0, 0.05) is 18.3 Å². The largest absolute Gasteiger partial charge is 0.481 e. The molecule has 0 amide bonds. The molecule has 0 aromatic heterocycles. The maximum Gasteiger partial charge on any atom is 0.303 e. The Kier molecular flexibility index (Phi) is 4.38. The van der Waals surface area contributed by atoms with Gasteiger partial charge in [-0.25, -0.2) is 0 Å². The predicted octanol–water partition coefficient (Wildman–Crippen LogP) is 4.30. The first-order valence-corrected chi connectivity index (χ1v) is 8.51. The Morgan fingerprint density at radius 3 is 2.08 bits per heavy atom. The van der Waals surface area contributed by atoms with Crippen LogP contribution in [0.4, 0.5) is 0 Å². The van der Waals surface area contributed by atoms with Crippen LogP contribution in [0.5, 0.6) is 0 Å². The van der Waals surface area contributed by atoms with Crippen LogP contribution in [-0.4, -0.2) is 22.2 Å². The van der Waals surface area contributed by atoms with Crippen molar-refractivity contribution < 1.29 is 19.8 Å². The highest BCUT2D eigenvalue weighted by atomic mass is 16.4. The van der Waals surface area contributed by atoms with Crippen LogP contribution in [0.2, 0.25) is 0 Å². The zero-order valence-electron chi connectivity index (χ0n) is 14.5. The van der Waals surface area contributed by atoms with Crippen LogP contribution in [0.3, 0.4) is 0 Å². The summed E-state index contributed by atoms with van der Waals surface area (Å²) >= 11 is 0. The van der Waals surface area contributed by atoms with E-state index in [9.17, 15) is 19.8 Å². The summed E-state index contributed by atoms with van der Waals surface area (Å²) < 4.78 is 0. The van der Waals surface area contributed by atoms with Gasteiger partial charge in [0.15, 0.2) is 0 Å². The number of rotatable bonds is 6. The van der Waals surface area contributed by atoms with E-state index in [1.165, 1.54) is 0 Å². The lowest BCUT2D eigenvalue weighted by Gasteiger charge is -2.33. The molecular formula is C21H22O4. The third kappa shape index (κ3) is 2.82. The molecule has 0 saturated carbocycles. The Labute approximate surface area is 147 Å². The molecule has 2 N–H and O–H groups in total. The lowest BCUT2D eigenvalue weighted by Crippen LogP contribution is -2.28. The Bertz CT molecular complexity index is 833. The van der Waals surface area contributed by atoms with Gasteiger partial charge in [-0.3, -0.25) is 9.59 Å². The molecule has 2 aromatic rings. The molecule has 0 spiro atoms. The van der Waals surface area contributed by atoms with Crippen molar-refractivity contribution in [3.05, 3.63) is 58.7 Å². The van der Waals surface area contributed by atoms with Gasteiger partial charge in [0.2, 0.25) is 0 Å². The van der Waals surface area contributed by atoms with Crippen molar-refractivity contribution >= 4 is 11.9 Å². The quantitative estimate of drug-likeness (QED) is 0.823. The van der Waals surface area contributed by atoms with Crippen molar-refractivity contribution in [2.75, 3.05) is 0 Å². The van der Waals surface area contributed by atoms with E-state index in [2.05, 4.69) is 19.1 Å². The molecule has 4 nitrogen and oxygen atoms in total. The summed E-state index contributed by atoms with van der Waals surface area (Å²) in [6.07, 6.45) is 0.843. The van der Waals surface area contributed by atoms with Crippen LogP contribution in [0.25, 0.3) is 11.1 Å². The lowest BCUT2D eigenvalue weighted by molar-refractivity contribution is -0.137. The van der Waals surface area contributed by atoms with E-state index >= 15 is 0 Å². The van der Waals surface area contributed by atoms with Gasteiger partial charge in [0.05, 0.1) is 0 Å². The van der Waals surface area contributed by atoms with E-state index in [1.807, 2.05) is 31.2 Å². The normalized spacial score (nSPS) is 14.0. The number of benzene rings is 2. The zero-order chi connectivity index (χ0) is 18.2. The Morgan fingerprint density at radius 1 is 0.880 bits per heavy atom. The molecule has 0 aliphatic heterocycles. The highest BCUT2D eigenvalue weighted by Gasteiger charge is 2.44. The first-order valence-electron chi connectivity index (χ1n) is 8.51. The predicted molar refractivity (Wildman–Crippen MR) is 95.9 cm³/mol. The second kappa shape index (κ2) is 6.36. The molecule has 0 radical (unpaired) electrons. The van der Waals surface area contributed by atoms with Gasteiger partial charge < -0.3 is 10.2 Å². The Balaban J connectivity index is 2.26. The molecule has 0 atom stereocenters. The van der Waals surface area contributed by atoms with Gasteiger partial charge in [-0.05, 0) is 60.1 Å². The van der Waals surface area contributed by atoms with E-state index < -0.39 is 17.4 Å². The molecule has 1 aliphatic rings. The van der Waals surface area contributed by atoms with Crippen LogP contribution >= 0.6 is 0 Å². The van der Waals surface area contributed by atoms with Crippen molar-refractivity contribution in [1.82, 2.24) is 0 Å². The summed E-state index contributed by atoms with van der Waals surface area (Å²) in [5.41, 5.74) is 6.08. The van der Waals surface area contributed by atoms with Gasteiger partial charge in [0.25, 0.3) is 0 Å². The molecule has 0 saturated heterocycles. The van der Waals surface area contributed by atoms with E-state index in [-0.39, 0.29) is 12.8 Å². The van der Waals surface area contributed by atoms with Crippen molar-refractivity contribution in [3.8, 4) is 11.1 Å². The molecule has 1 aliphatic carbocycles. The van der Waals surface area contributed by atoms with Gasteiger partial charge in [-0.15, -0.1) is 0 Å². The fourth-order valence-electron chi connectivity index (χ4n) is 4.21. The van der Waals surface area contributed by atoms with Crippen molar-refractivity contribution in [1.29, 1.82) is 0 Å². The number of aliphatic carboxylic acids is 2. The smallest absolute Gasteiger partial charge is 0.303 e. The topological polar surface area (TPSA) is 74.6 Å². The molecule has 0 fully saturated rings. The van der Waals surface area contributed by atoms with Crippen LogP contribution in [0, 0.1) is 13.8 Å². The minimum atomic E-state index is -0.856. The second-order valence-corrected chi connectivity index (χ2v) is 6.85. The molecule has 25 heavy (non-hydrogen) atoms. The van der Waals surface area contributed by atoms with E-state index in [4.69, 9.17) is 0 Å². The zero-order valence-corrected chi connectivity index (χ0v) is 14.5. The van der Waals surface area contributed by atoms with Crippen molar-refractivity contribution in [2.24, 2.45) is 0 Å². The third-order valence-corrected chi connectivity index (χ3v) is 5.48. The summed E-state index contributed by atoms with van der Waals surface area (Å²) in [4.78, 5) is 22.6. The fourth-order valence-corrected chi connectivity index (χ4v) is 4.21. The number of aryl methyl sites for hydroxylation is 1. The van der Waals surface area contributed by atoms with Crippen LogP contribution < -0.4 is 0 Å². The standard InChI is InChI=1S/C21H22O4/c1-13-7-8-16-15-5-3-4-6-17(15)21(11-9-18(22)23,12-10-19(24)25)20(16)14(13)2/h3-8H,9-12H2,1-2H3,(H,22,23)(H,24,25). The van der Waals surface area contributed by atoms with Gasteiger partial charge >= 0.3 is 11.9 Å². The SMILES string of the molecule is Cc1ccc2c(c1C)C(CCC(=O)O)(CCC(=O)O)c1ccccc1-2. The second-order valence-electron chi connectivity index (χ2n) is 6.85. The average Bonchev–Trinajstić information content (AvgIpc) is 2.86. The maximum absolute atomic E-state index is 11.3. The average molecular weight is 338 g/mol. The van der Waals surface area contributed by atoms with Crippen LogP contribution in [0.1, 0.15) is 47.9 Å². The number of carboxylic acid groups (broad SMARTS) is 2. The minimum Gasteiger partial charge on any atom is -0.481 e. The molecule has 3 rings (SSSR count). The van der Waals surface area contributed by atoms with Crippen LogP contribution in [0.15, 0.2) is 36.4 Å². The molecule has 2 aromatic carbocycles. The highest BCUT2D eigenvalue weighted by molar-refractivity contribution is 5.83. The van der Waals surface area contributed by atoms with Crippen LogP contribution in [-0.2, 0) is 15.0 Å². The number of carbonyl (C=O) groups is 2. The van der Waals surface area contributed by atoms with E-state index in [0.29, 0.717) is 12.8 Å². The van der Waals surface area contributed by atoms with E-state index in [1.54, 1.807) is 0 Å². The minimum absolute atomic E-state index is 0.0147. The summed E-state index contributed by atoms with van der Waals surface area (Å²) in [6, 6.07) is 12.2. The first kappa shape index (κ1) is 17.2. The maximum atomic E-state index is 11.3. The first-order chi connectivity index (χ1) is 11.9.